The predicted octanol–water partition coefficient (Wildman–Crippen LogP) is 2.72. The minimum Gasteiger partial charge on any atom is -0.465 e. The normalized spacial score (nSPS) is 23.5. The lowest BCUT2D eigenvalue weighted by Gasteiger charge is -2.46. The van der Waals surface area contributed by atoms with Gasteiger partial charge in [0, 0.05) is 54.7 Å². The van der Waals surface area contributed by atoms with E-state index in [0.29, 0.717) is 24.7 Å². The number of amides is 2. The van der Waals surface area contributed by atoms with Crippen LogP contribution in [-0.4, -0.2) is 72.7 Å². The van der Waals surface area contributed by atoms with Crippen LogP contribution in [0.4, 0.5) is 4.79 Å². The van der Waals surface area contributed by atoms with Crippen LogP contribution in [0.3, 0.4) is 0 Å². The Morgan fingerprint density at radius 2 is 2.07 bits per heavy atom. The van der Waals surface area contributed by atoms with Crippen LogP contribution in [0, 0.1) is 0 Å². The van der Waals surface area contributed by atoms with Gasteiger partial charge in [-0.25, -0.2) is 9.59 Å². The zero-order valence-corrected chi connectivity index (χ0v) is 17.6. The average Bonchev–Trinajstić information content (AvgIpc) is 3.13. The van der Waals surface area contributed by atoms with Crippen molar-refractivity contribution in [1.82, 2.24) is 20.1 Å². The van der Waals surface area contributed by atoms with Crippen LogP contribution in [-0.2, 0) is 11.2 Å². The second kappa shape index (κ2) is 7.71. The molecule has 1 saturated heterocycles. The summed E-state index contributed by atoms with van der Waals surface area (Å²) in [6.07, 6.45) is 3.82. The maximum Gasteiger partial charge on any atom is 0.338 e. The van der Waals surface area contributed by atoms with E-state index in [9.17, 15) is 9.59 Å². The number of likely N-dealkylation sites (tertiary alicyclic amines) is 1. The van der Waals surface area contributed by atoms with E-state index in [2.05, 4.69) is 28.4 Å². The number of benzene rings is 1. The number of likely N-dealkylation sites (N-methyl/N-ethyl adjacent to an activating group) is 1. The molecule has 0 bridgehead atoms. The van der Waals surface area contributed by atoms with Gasteiger partial charge in [-0.3, -0.25) is 0 Å². The number of nitrogens with zero attached hydrogens (tertiary/aromatic N) is 2. The predicted molar refractivity (Wildman–Crippen MR) is 112 cm³/mol. The number of carbonyl (C=O) groups is 2. The Hall–Kier alpha value is -2.54. The molecule has 1 aromatic carbocycles. The van der Waals surface area contributed by atoms with Crippen LogP contribution >= 0.6 is 0 Å². The van der Waals surface area contributed by atoms with Crippen molar-refractivity contribution in [2.24, 2.45) is 0 Å². The molecule has 0 spiro atoms. The summed E-state index contributed by atoms with van der Waals surface area (Å²) in [5, 5.41) is 4.37. The molecule has 7 heteroatoms. The number of nitrogens with one attached hydrogen (secondary N) is 2. The molecular formula is C22H30N4O3. The maximum atomic E-state index is 12.6. The summed E-state index contributed by atoms with van der Waals surface area (Å²) in [4.78, 5) is 32.7. The van der Waals surface area contributed by atoms with Crippen LogP contribution in [0.5, 0.6) is 0 Å². The SMILES string of the molecule is CCN(CC)C(=O)NC1C[C@@H]2c3c(C(=O)OC)ccc4[nH]cc(c34)C[C@H]2N(C)C1. The molecule has 1 unspecified atom stereocenters. The molecule has 1 aromatic heterocycles. The van der Waals surface area contributed by atoms with Gasteiger partial charge in [-0.1, -0.05) is 0 Å². The van der Waals surface area contributed by atoms with Crippen molar-refractivity contribution in [3.8, 4) is 0 Å². The van der Waals surface area contributed by atoms with Gasteiger partial charge >= 0.3 is 12.0 Å². The number of methoxy groups -OCH3 is 1. The number of rotatable bonds is 4. The number of H-pyrrole nitrogens is 1. The topological polar surface area (TPSA) is 77.7 Å². The second-order valence-corrected chi connectivity index (χ2v) is 8.13. The van der Waals surface area contributed by atoms with Crippen molar-refractivity contribution in [1.29, 1.82) is 0 Å². The zero-order chi connectivity index (χ0) is 20.7. The molecule has 7 nitrogen and oxygen atoms in total. The average molecular weight is 399 g/mol. The van der Waals surface area contributed by atoms with E-state index < -0.39 is 0 Å². The van der Waals surface area contributed by atoms with Gasteiger partial charge in [-0.2, -0.15) is 0 Å². The Balaban J connectivity index is 1.71. The van der Waals surface area contributed by atoms with Crippen LogP contribution in [0.25, 0.3) is 10.9 Å². The van der Waals surface area contributed by atoms with Gasteiger partial charge in [0.2, 0.25) is 0 Å². The molecule has 2 heterocycles. The highest BCUT2D eigenvalue weighted by atomic mass is 16.5. The lowest BCUT2D eigenvalue weighted by Crippen LogP contribution is -2.56. The van der Waals surface area contributed by atoms with Crippen molar-refractivity contribution in [2.45, 2.75) is 44.7 Å². The number of esters is 1. The first-order valence-electron chi connectivity index (χ1n) is 10.4. The smallest absolute Gasteiger partial charge is 0.338 e. The molecule has 156 valence electrons. The third-order valence-corrected chi connectivity index (χ3v) is 6.63. The molecule has 1 aliphatic heterocycles. The van der Waals surface area contributed by atoms with Gasteiger partial charge in [0.05, 0.1) is 12.7 Å². The summed E-state index contributed by atoms with van der Waals surface area (Å²) in [5.41, 5.74) is 4.01. The molecule has 2 amide bonds. The molecular weight excluding hydrogens is 368 g/mol. The Bertz CT molecular complexity index is 934. The highest BCUT2D eigenvalue weighted by molar-refractivity contribution is 6.00. The number of urea groups is 1. The summed E-state index contributed by atoms with van der Waals surface area (Å²) in [6, 6.07) is 4.15. The number of hydrogen-bond donors (Lipinski definition) is 2. The maximum absolute atomic E-state index is 12.6. The third kappa shape index (κ3) is 3.27. The molecule has 2 aromatic rings. The molecule has 29 heavy (non-hydrogen) atoms. The second-order valence-electron chi connectivity index (χ2n) is 8.13. The van der Waals surface area contributed by atoms with Gasteiger partial charge in [0.25, 0.3) is 0 Å². The molecule has 1 fully saturated rings. The van der Waals surface area contributed by atoms with E-state index in [1.54, 1.807) is 4.90 Å². The van der Waals surface area contributed by atoms with Gasteiger partial charge in [-0.15, -0.1) is 0 Å². The number of carbonyl (C=O) groups excluding carboxylic acids is 2. The summed E-state index contributed by atoms with van der Waals surface area (Å²) in [7, 11) is 3.54. The van der Waals surface area contributed by atoms with Crippen molar-refractivity contribution in [3.63, 3.8) is 0 Å². The lowest BCUT2D eigenvalue weighted by atomic mass is 9.72. The van der Waals surface area contributed by atoms with Gasteiger partial charge in [0.15, 0.2) is 0 Å². The molecule has 0 saturated carbocycles. The first-order valence-corrected chi connectivity index (χ1v) is 10.4. The zero-order valence-electron chi connectivity index (χ0n) is 17.6. The molecule has 2 N–H and O–H groups in total. The molecule has 4 rings (SSSR count). The fourth-order valence-electron chi connectivity index (χ4n) is 5.20. The minimum atomic E-state index is -0.299. The van der Waals surface area contributed by atoms with E-state index in [0.717, 1.165) is 35.9 Å². The number of ether oxygens (including phenoxy) is 1. The minimum absolute atomic E-state index is 0.0172. The van der Waals surface area contributed by atoms with E-state index in [4.69, 9.17) is 4.74 Å². The Labute approximate surface area is 171 Å². The van der Waals surface area contributed by atoms with Gasteiger partial charge < -0.3 is 24.8 Å². The van der Waals surface area contributed by atoms with E-state index in [1.165, 1.54) is 12.7 Å². The van der Waals surface area contributed by atoms with Crippen LogP contribution in [0.15, 0.2) is 18.3 Å². The van der Waals surface area contributed by atoms with Crippen molar-refractivity contribution in [2.75, 3.05) is 33.8 Å². The fourth-order valence-corrected chi connectivity index (χ4v) is 5.20. The Morgan fingerprint density at radius 3 is 2.76 bits per heavy atom. The molecule has 3 atom stereocenters. The monoisotopic (exact) mass is 398 g/mol. The van der Waals surface area contributed by atoms with E-state index in [1.807, 2.05) is 26.0 Å². The standard InChI is InChI=1S/C22H30N4O3/c1-5-26(6-2)22(28)24-14-10-16-18(25(3)12-14)9-13-11-23-17-8-7-15(21(27)29-4)20(16)19(13)17/h7-8,11,14,16,18,23H,5-6,9-10,12H2,1-4H3,(H,24,28)/t14?,16-,18+/m0/s1. The van der Waals surface area contributed by atoms with Crippen molar-refractivity contribution >= 4 is 22.9 Å². The van der Waals surface area contributed by atoms with E-state index in [-0.39, 0.29) is 24.0 Å². The molecule has 1 aliphatic carbocycles. The van der Waals surface area contributed by atoms with Crippen molar-refractivity contribution in [3.05, 3.63) is 35.0 Å². The number of hydrogen-bond acceptors (Lipinski definition) is 4. The van der Waals surface area contributed by atoms with Gasteiger partial charge in [-0.05, 0) is 57.0 Å². The third-order valence-electron chi connectivity index (χ3n) is 6.63. The highest BCUT2D eigenvalue weighted by Gasteiger charge is 2.42. The summed E-state index contributed by atoms with van der Waals surface area (Å²) in [5.74, 6) is -0.136. The highest BCUT2D eigenvalue weighted by Crippen LogP contribution is 2.44. The quantitative estimate of drug-likeness (QED) is 0.777. The fraction of sp³-hybridized carbons (Fsp3) is 0.545. The lowest BCUT2D eigenvalue weighted by molar-refractivity contribution is 0.0595. The van der Waals surface area contributed by atoms with Crippen LogP contribution < -0.4 is 5.32 Å². The van der Waals surface area contributed by atoms with Crippen LogP contribution in [0.1, 0.15) is 47.7 Å². The number of fused-ring (bicyclic) bond motifs is 2. The Kier molecular flexibility index (Phi) is 5.25. The first-order chi connectivity index (χ1) is 14.0. The largest absolute Gasteiger partial charge is 0.465 e. The van der Waals surface area contributed by atoms with Gasteiger partial charge in [0.1, 0.15) is 0 Å². The summed E-state index contributed by atoms with van der Waals surface area (Å²) in [6.45, 7) is 6.16. The van der Waals surface area contributed by atoms with E-state index >= 15 is 0 Å². The number of aromatic nitrogens is 1. The van der Waals surface area contributed by atoms with Crippen molar-refractivity contribution < 1.29 is 14.3 Å². The number of aromatic amines is 1. The molecule has 2 aliphatic rings. The van der Waals surface area contributed by atoms with Crippen LogP contribution in [0.2, 0.25) is 0 Å². The summed E-state index contributed by atoms with van der Waals surface area (Å²) < 4.78 is 5.09. The molecule has 0 radical (unpaired) electrons. The Morgan fingerprint density at radius 1 is 1.31 bits per heavy atom. The summed E-state index contributed by atoms with van der Waals surface area (Å²) >= 11 is 0. The number of piperidine rings is 1. The first kappa shape index (κ1) is 19.8.